The second kappa shape index (κ2) is 4.41. The van der Waals surface area contributed by atoms with Crippen LogP contribution in [0, 0.1) is 0 Å². The maximum atomic E-state index is 4.63. The van der Waals surface area contributed by atoms with Crippen LogP contribution in [0.1, 0.15) is 17.5 Å². The molecule has 0 amide bonds. The Morgan fingerprint density at radius 2 is 2.06 bits per heavy atom. The van der Waals surface area contributed by atoms with Gasteiger partial charge in [0.1, 0.15) is 5.49 Å². The van der Waals surface area contributed by atoms with E-state index in [1.807, 2.05) is 25.0 Å². The molecule has 0 bridgehead atoms. The van der Waals surface area contributed by atoms with E-state index in [4.69, 9.17) is 0 Å². The summed E-state index contributed by atoms with van der Waals surface area (Å²) in [7, 11) is 3.86. The Kier molecular flexibility index (Phi) is 2.74. The van der Waals surface area contributed by atoms with E-state index in [-0.39, 0.29) is 0 Å². The molecule has 0 N–H and O–H groups in total. The highest BCUT2D eigenvalue weighted by atomic mass is 15.0. The number of rotatable bonds is 0. The second-order valence-electron chi connectivity index (χ2n) is 4.74. The predicted molar refractivity (Wildman–Crippen MR) is 72.2 cm³/mol. The Balaban J connectivity index is 2.36. The maximum Gasteiger partial charge on any atom is 0.133 e. The predicted octanol–water partition coefficient (Wildman–Crippen LogP) is 2.11. The highest BCUT2D eigenvalue weighted by Gasteiger charge is 2.17. The summed E-state index contributed by atoms with van der Waals surface area (Å²) in [4.78, 5) is 9.05. The molecular formula is C15H17N3. The van der Waals surface area contributed by atoms with Crippen LogP contribution in [0.4, 0.5) is 0 Å². The molecule has 0 saturated heterocycles. The smallest absolute Gasteiger partial charge is 0.133 e. The summed E-state index contributed by atoms with van der Waals surface area (Å²) >= 11 is 0. The molecule has 92 valence electrons. The minimum Gasteiger partial charge on any atom is -0.320 e. The van der Waals surface area contributed by atoms with Crippen molar-refractivity contribution in [2.45, 2.75) is 19.3 Å². The third-order valence-corrected chi connectivity index (χ3v) is 3.61. The molecule has 3 rings (SSSR count). The van der Waals surface area contributed by atoms with Crippen molar-refractivity contribution < 1.29 is 0 Å². The average molecular weight is 239 g/mol. The Morgan fingerprint density at radius 1 is 1.22 bits per heavy atom. The van der Waals surface area contributed by atoms with E-state index in [1.165, 1.54) is 16.7 Å². The molecule has 3 nitrogen and oxygen atoms in total. The summed E-state index contributed by atoms with van der Waals surface area (Å²) in [5, 5.41) is 0. The lowest BCUT2D eigenvalue weighted by atomic mass is 10.0. The first-order chi connectivity index (χ1) is 8.81. The number of aromatic nitrogens is 2. The first-order valence-corrected chi connectivity index (χ1v) is 6.37. The number of fused-ring (bicyclic) bond motifs is 3. The quantitative estimate of drug-likeness (QED) is 0.692. The van der Waals surface area contributed by atoms with E-state index in [0.717, 1.165) is 30.4 Å². The van der Waals surface area contributed by atoms with Crippen molar-refractivity contribution in [1.82, 2.24) is 9.55 Å². The Morgan fingerprint density at radius 3 is 2.89 bits per heavy atom. The SMILES string of the molecule is CN=c1c2c(ncn1C)-c1ccccc1CCC2. The van der Waals surface area contributed by atoms with Crippen molar-refractivity contribution in [3.63, 3.8) is 0 Å². The molecule has 1 aliphatic rings. The van der Waals surface area contributed by atoms with Crippen LogP contribution in [0.15, 0.2) is 35.6 Å². The number of benzene rings is 1. The maximum absolute atomic E-state index is 4.63. The molecule has 0 spiro atoms. The fraction of sp³-hybridized carbons (Fsp3) is 0.333. The standard InChI is InChI=1S/C15H17N3/c1-16-15-13-9-5-7-11-6-3-4-8-12(11)14(13)17-10-18(15)2/h3-4,6,8,10H,5,7,9H2,1-2H3. The van der Waals surface area contributed by atoms with Gasteiger partial charge in [-0.15, -0.1) is 0 Å². The van der Waals surface area contributed by atoms with Gasteiger partial charge >= 0.3 is 0 Å². The number of nitrogens with zero attached hydrogens (tertiary/aromatic N) is 3. The van der Waals surface area contributed by atoms with Gasteiger partial charge in [-0.1, -0.05) is 24.3 Å². The van der Waals surface area contributed by atoms with Crippen LogP contribution in [0.5, 0.6) is 0 Å². The summed E-state index contributed by atoms with van der Waals surface area (Å²) in [6.45, 7) is 0. The Bertz CT molecular complexity index is 653. The topological polar surface area (TPSA) is 30.2 Å². The molecule has 1 aromatic heterocycles. The van der Waals surface area contributed by atoms with Crippen molar-refractivity contribution in [3.8, 4) is 11.3 Å². The molecule has 2 aromatic rings. The van der Waals surface area contributed by atoms with E-state index < -0.39 is 0 Å². The van der Waals surface area contributed by atoms with Gasteiger partial charge in [0.05, 0.1) is 12.0 Å². The molecule has 0 fully saturated rings. The van der Waals surface area contributed by atoms with Gasteiger partial charge in [-0.2, -0.15) is 0 Å². The molecule has 0 saturated carbocycles. The van der Waals surface area contributed by atoms with Gasteiger partial charge in [-0.25, -0.2) is 4.98 Å². The first-order valence-electron chi connectivity index (χ1n) is 6.37. The summed E-state index contributed by atoms with van der Waals surface area (Å²) in [6.07, 6.45) is 5.21. The van der Waals surface area contributed by atoms with Gasteiger partial charge in [0, 0.05) is 25.2 Å². The summed E-state index contributed by atoms with van der Waals surface area (Å²) in [5.74, 6) is 0. The monoisotopic (exact) mass is 239 g/mol. The first kappa shape index (κ1) is 11.2. The zero-order valence-electron chi connectivity index (χ0n) is 10.8. The van der Waals surface area contributed by atoms with Gasteiger partial charge < -0.3 is 4.57 Å². The minimum atomic E-state index is 1.05. The lowest BCUT2D eigenvalue weighted by Gasteiger charge is -2.10. The second-order valence-corrected chi connectivity index (χ2v) is 4.74. The van der Waals surface area contributed by atoms with Crippen LogP contribution in [-0.4, -0.2) is 16.6 Å². The van der Waals surface area contributed by atoms with Crippen molar-refractivity contribution in [2.24, 2.45) is 12.0 Å². The van der Waals surface area contributed by atoms with E-state index in [1.54, 1.807) is 0 Å². The lowest BCUT2D eigenvalue weighted by Crippen LogP contribution is -2.24. The van der Waals surface area contributed by atoms with Crippen LogP contribution >= 0.6 is 0 Å². The van der Waals surface area contributed by atoms with Crippen molar-refractivity contribution in [3.05, 3.63) is 47.2 Å². The van der Waals surface area contributed by atoms with Gasteiger partial charge in [0.15, 0.2) is 0 Å². The molecule has 1 aromatic carbocycles. The summed E-state index contributed by atoms with van der Waals surface area (Å²) in [5.41, 5.74) is 6.13. The van der Waals surface area contributed by atoms with E-state index in [0.29, 0.717) is 0 Å². The van der Waals surface area contributed by atoms with Gasteiger partial charge in [0.2, 0.25) is 0 Å². The molecule has 0 aliphatic heterocycles. The Hall–Kier alpha value is -1.90. The molecule has 18 heavy (non-hydrogen) atoms. The largest absolute Gasteiger partial charge is 0.320 e. The van der Waals surface area contributed by atoms with Crippen LogP contribution < -0.4 is 5.49 Å². The fourth-order valence-electron chi connectivity index (χ4n) is 2.78. The van der Waals surface area contributed by atoms with Gasteiger partial charge in [-0.3, -0.25) is 4.99 Å². The molecule has 1 heterocycles. The van der Waals surface area contributed by atoms with Crippen molar-refractivity contribution in [1.29, 1.82) is 0 Å². The normalized spacial score (nSPS) is 14.9. The number of aryl methyl sites for hydroxylation is 2. The van der Waals surface area contributed by atoms with E-state index in [9.17, 15) is 0 Å². The third-order valence-electron chi connectivity index (χ3n) is 3.61. The molecule has 0 unspecified atom stereocenters. The minimum absolute atomic E-state index is 1.05. The highest BCUT2D eigenvalue weighted by Crippen LogP contribution is 2.28. The van der Waals surface area contributed by atoms with E-state index in [2.05, 4.69) is 34.2 Å². The number of hydrogen-bond donors (Lipinski definition) is 0. The van der Waals surface area contributed by atoms with Gasteiger partial charge in [-0.05, 0) is 24.8 Å². The molecular weight excluding hydrogens is 222 g/mol. The van der Waals surface area contributed by atoms with Crippen molar-refractivity contribution in [2.75, 3.05) is 7.05 Å². The summed E-state index contributed by atoms with van der Waals surface area (Å²) in [6, 6.07) is 8.58. The van der Waals surface area contributed by atoms with Gasteiger partial charge in [0.25, 0.3) is 0 Å². The molecule has 1 aliphatic carbocycles. The number of hydrogen-bond acceptors (Lipinski definition) is 2. The third kappa shape index (κ3) is 1.67. The average Bonchev–Trinajstić information content (AvgIpc) is 2.58. The summed E-state index contributed by atoms with van der Waals surface area (Å²) < 4.78 is 2.01. The Labute approximate surface area is 107 Å². The fourth-order valence-corrected chi connectivity index (χ4v) is 2.78. The molecule has 0 radical (unpaired) electrons. The van der Waals surface area contributed by atoms with Crippen molar-refractivity contribution >= 4 is 0 Å². The zero-order valence-corrected chi connectivity index (χ0v) is 10.8. The highest BCUT2D eigenvalue weighted by molar-refractivity contribution is 5.67. The van der Waals surface area contributed by atoms with E-state index >= 15 is 0 Å². The zero-order chi connectivity index (χ0) is 12.5. The van der Waals surface area contributed by atoms with Crippen LogP contribution in [0.25, 0.3) is 11.3 Å². The molecule has 0 atom stereocenters. The van der Waals surface area contributed by atoms with Crippen LogP contribution in [0.3, 0.4) is 0 Å². The lowest BCUT2D eigenvalue weighted by molar-refractivity contribution is 0.749. The van der Waals surface area contributed by atoms with Crippen LogP contribution in [-0.2, 0) is 19.9 Å². The molecule has 3 heteroatoms. The van der Waals surface area contributed by atoms with Crippen LogP contribution in [0.2, 0.25) is 0 Å².